The first-order chi connectivity index (χ1) is 13.8. The Morgan fingerprint density at radius 1 is 1.17 bits per heavy atom. The maximum Gasteiger partial charge on any atom is 0.414 e. The minimum atomic E-state index is -0.839. The second-order valence-electron chi connectivity index (χ2n) is 6.75. The molecule has 0 spiro atoms. The fourth-order valence-electron chi connectivity index (χ4n) is 3.23. The highest BCUT2D eigenvalue weighted by Gasteiger charge is 2.34. The summed E-state index contributed by atoms with van der Waals surface area (Å²) in [6.07, 6.45) is -1.36. The van der Waals surface area contributed by atoms with Crippen LogP contribution in [0, 0.1) is 11.6 Å². The number of carbonyl (C=O) groups excluding carboxylic acids is 3. The number of amides is 3. The maximum absolute atomic E-state index is 14.8. The highest BCUT2D eigenvalue weighted by atomic mass is 19.1. The minimum Gasteiger partial charge on any atom is -0.442 e. The normalized spacial score (nSPS) is 19.8. The molecule has 3 amide bonds. The predicted molar refractivity (Wildman–Crippen MR) is 98.2 cm³/mol. The predicted octanol–water partition coefficient (Wildman–Crippen LogP) is 1.03. The molecule has 0 aliphatic carbocycles. The molecule has 2 aliphatic heterocycles. The zero-order chi connectivity index (χ0) is 21.1. The lowest BCUT2D eigenvalue weighted by molar-refractivity contribution is -0.179. The molecule has 0 unspecified atom stereocenters. The summed E-state index contributed by atoms with van der Waals surface area (Å²) in [5, 5.41) is 3.69. The number of halogens is 2. The Morgan fingerprint density at radius 2 is 1.86 bits per heavy atom. The van der Waals surface area contributed by atoms with Crippen LogP contribution in [0.25, 0.3) is 0 Å². The first-order valence-electron chi connectivity index (χ1n) is 9.14. The van der Waals surface area contributed by atoms with Crippen LogP contribution in [0.15, 0.2) is 12.1 Å². The Labute approximate surface area is 166 Å². The highest BCUT2D eigenvalue weighted by Crippen LogP contribution is 2.31. The molecule has 1 atom stereocenters. The SMILES string of the molecule is CC(=O)NC[C@H]1CN(c2cc(F)c(N3CCON(C(C)=O)CC3)c(F)c2)C(=O)O1. The van der Waals surface area contributed by atoms with E-state index in [9.17, 15) is 23.2 Å². The molecule has 9 nitrogen and oxygen atoms in total. The second-order valence-corrected chi connectivity index (χ2v) is 6.75. The Balaban J connectivity index is 1.75. The third-order valence-corrected chi connectivity index (χ3v) is 4.61. The van der Waals surface area contributed by atoms with Crippen molar-refractivity contribution in [3.8, 4) is 0 Å². The third-order valence-electron chi connectivity index (χ3n) is 4.61. The van der Waals surface area contributed by atoms with Gasteiger partial charge in [-0.3, -0.25) is 19.3 Å². The van der Waals surface area contributed by atoms with Crippen molar-refractivity contribution in [1.29, 1.82) is 0 Å². The third kappa shape index (κ3) is 4.73. The zero-order valence-electron chi connectivity index (χ0n) is 16.1. The highest BCUT2D eigenvalue weighted by molar-refractivity contribution is 5.90. The maximum atomic E-state index is 14.8. The number of cyclic esters (lactones) is 1. The first-order valence-corrected chi connectivity index (χ1v) is 9.14. The summed E-state index contributed by atoms with van der Waals surface area (Å²) in [6, 6.07) is 2.13. The van der Waals surface area contributed by atoms with Crippen molar-refractivity contribution in [3.63, 3.8) is 0 Å². The van der Waals surface area contributed by atoms with Crippen LogP contribution in [0.3, 0.4) is 0 Å². The van der Waals surface area contributed by atoms with Gasteiger partial charge in [-0.25, -0.2) is 18.6 Å². The Kier molecular flexibility index (Phi) is 6.16. The van der Waals surface area contributed by atoms with Crippen molar-refractivity contribution in [2.24, 2.45) is 0 Å². The number of hydroxylamine groups is 2. The lowest BCUT2D eigenvalue weighted by Gasteiger charge is -2.24. The van der Waals surface area contributed by atoms with Gasteiger partial charge in [0, 0.05) is 39.1 Å². The van der Waals surface area contributed by atoms with Gasteiger partial charge in [0.25, 0.3) is 0 Å². The Morgan fingerprint density at radius 3 is 2.48 bits per heavy atom. The van der Waals surface area contributed by atoms with Crippen molar-refractivity contribution in [1.82, 2.24) is 10.4 Å². The van der Waals surface area contributed by atoms with Gasteiger partial charge in [-0.05, 0) is 0 Å². The van der Waals surface area contributed by atoms with Gasteiger partial charge in [-0.15, -0.1) is 0 Å². The smallest absolute Gasteiger partial charge is 0.414 e. The van der Waals surface area contributed by atoms with Crippen LogP contribution < -0.4 is 15.1 Å². The standard InChI is InChI=1S/C18H22F2N4O5/c1-11(25)21-9-14-10-23(18(27)29-14)13-7-15(19)17(16(20)8-13)22-3-4-24(12(2)26)28-6-5-22/h7-8,14H,3-6,9-10H2,1-2H3,(H,21,25)/t14-/m0/s1. The van der Waals surface area contributed by atoms with Gasteiger partial charge in [0.1, 0.15) is 11.8 Å². The molecule has 1 N–H and O–H groups in total. The molecule has 29 heavy (non-hydrogen) atoms. The minimum absolute atomic E-state index is 0.0236. The fourth-order valence-corrected chi connectivity index (χ4v) is 3.23. The average molecular weight is 412 g/mol. The van der Waals surface area contributed by atoms with Crippen molar-refractivity contribution < 1.29 is 32.7 Å². The average Bonchev–Trinajstić information content (AvgIpc) is 2.85. The number of nitrogens with one attached hydrogen (secondary N) is 1. The molecule has 2 heterocycles. The van der Waals surface area contributed by atoms with E-state index in [0.717, 1.165) is 22.1 Å². The lowest BCUT2D eigenvalue weighted by atomic mass is 10.2. The number of benzene rings is 1. The van der Waals surface area contributed by atoms with Crippen molar-refractivity contribution in [3.05, 3.63) is 23.8 Å². The molecule has 0 bridgehead atoms. The van der Waals surface area contributed by atoms with Gasteiger partial charge in [0.2, 0.25) is 11.8 Å². The number of hydrogen-bond acceptors (Lipinski definition) is 6. The van der Waals surface area contributed by atoms with E-state index < -0.39 is 23.8 Å². The first kappa shape index (κ1) is 20.8. The van der Waals surface area contributed by atoms with Crippen LogP contribution >= 0.6 is 0 Å². The number of anilines is 2. The summed E-state index contributed by atoms with van der Waals surface area (Å²) in [6.45, 7) is 3.51. The monoisotopic (exact) mass is 412 g/mol. The number of hydrogen-bond donors (Lipinski definition) is 1. The van der Waals surface area contributed by atoms with Gasteiger partial charge in [-0.2, -0.15) is 0 Å². The summed E-state index contributed by atoms with van der Waals surface area (Å²) in [7, 11) is 0. The molecule has 0 saturated carbocycles. The number of nitrogens with zero attached hydrogens (tertiary/aromatic N) is 3. The van der Waals surface area contributed by atoms with E-state index in [2.05, 4.69) is 5.32 Å². The van der Waals surface area contributed by atoms with E-state index >= 15 is 0 Å². The van der Waals surface area contributed by atoms with Crippen molar-refractivity contribution >= 4 is 29.3 Å². The Hall–Kier alpha value is -2.95. The lowest BCUT2D eigenvalue weighted by Crippen LogP contribution is -2.34. The number of ether oxygens (including phenoxy) is 1. The van der Waals surface area contributed by atoms with Gasteiger partial charge >= 0.3 is 6.09 Å². The zero-order valence-corrected chi connectivity index (χ0v) is 16.1. The van der Waals surface area contributed by atoms with E-state index in [1.54, 1.807) is 0 Å². The molecule has 158 valence electrons. The molecule has 1 aromatic rings. The van der Waals surface area contributed by atoms with E-state index in [1.807, 2.05) is 0 Å². The molecule has 3 rings (SSSR count). The van der Waals surface area contributed by atoms with Crippen LogP contribution in [0.5, 0.6) is 0 Å². The summed E-state index contributed by atoms with van der Waals surface area (Å²) >= 11 is 0. The summed E-state index contributed by atoms with van der Waals surface area (Å²) in [4.78, 5) is 42.3. The molecular weight excluding hydrogens is 390 g/mol. The van der Waals surface area contributed by atoms with E-state index in [4.69, 9.17) is 9.57 Å². The largest absolute Gasteiger partial charge is 0.442 e. The molecule has 2 aliphatic rings. The number of carbonyl (C=O) groups is 3. The topological polar surface area (TPSA) is 91.4 Å². The van der Waals surface area contributed by atoms with Crippen LogP contribution in [0.2, 0.25) is 0 Å². The summed E-state index contributed by atoms with van der Waals surface area (Å²) in [5.41, 5.74) is -0.222. The molecular formula is C18H22F2N4O5. The molecule has 2 fully saturated rings. The van der Waals surface area contributed by atoms with Crippen LogP contribution in [-0.2, 0) is 19.2 Å². The quantitative estimate of drug-likeness (QED) is 0.794. The molecule has 0 radical (unpaired) electrons. The van der Waals surface area contributed by atoms with Crippen LogP contribution in [-0.4, -0.2) is 68.4 Å². The van der Waals surface area contributed by atoms with E-state index in [-0.39, 0.29) is 62.5 Å². The molecule has 1 aromatic carbocycles. The van der Waals surface area contributed by atoms with E-state index in [1.165, 1.54) is 18.7 Å². The number of rotatable bonds is 4. The van der Waals surface area contributed by atoms with Gasteiger partial charge in [-0.1, -0.05) is 0 Å². The summed E-state index contributed by atoms with van der Waals surface area (Å²) in [5.74, 6) is -2.24. The molecule has 2 saturated heterocycles. The van der Waals surface area contributed by atoms with Crippen molar-refractivity contribution in [2.75, 3.05) is 49.1 Å². The fraction of sp³-hybridized carbons (Fsp3) is 0.500. The van der Waals surface area contributed by atoms with Crippen molar-refractivity contribution in [2.45, 2.75) is 20.0 Å². The van der Waals surface area contributed by atoms with Gasteiger partial charge in [0.15, 0.2) is 11.6 Å². The van der Waals surface area contributed by atoms with Crippen LogP contribution in [0.1, 0.15) is 13.8 Å². The summed E-state index contributed by atoms with van der Waals surface area (Å²) < 4.78 is 34.7. The molecule has 0 aromatic heterocycles. The second kappa shape index (κ2) is 8.60. The van der Waals surface area contributed by atoms with E-state index in [0.29, 0.717) is 0 Å². The molecule has 11 heteroatoms. The van der Waals surface area contributed by atoms with Gasteiger partial charge < -0.3 is 15.0 Å². The van der Waals surface area contributed by atoms with Gasteiger partial charge in [0.05, 0.1) is 31.9 Å². The van der Waals surface area contributed by atoms with Crippen LogP contribution in [0.4, 0.5) is 25.0 Å². The Bertz CT molecular complexity index is 798.